The Morgan fingerprint density at radius 3 is 2.10 bits per heavy atom. The summed E-state index contributed by atoms with van der Waals surface area (Å²) < 4.78 is 31.7. The Hall–Kier alpha value is -4.18. The minimum absolute atomic E-state index is 0.0369. The van der Waals surface area contributed by atoms with Crippen LogP contribution in [0.2, 0.25) is 0 Å². The number of fused-ring (bicyclic) bond motifs is 1. The fourth-order valence-corrected chi connectivity index (χ4v) is 4.94. The molecule has 2 aliphatic heterocycles. The van der Waals surface area contributed by atoms with Gasteiger partial charge in [-0.05, 0) is 60.7 Å². The van der Waals surface area contributed by atoms with Crippen LogP contribution in [0.25, 0.3) is 11.1 Å². The smallest absolute Gasteiger partial charge is 0.475 e. The van der Waals surface area contributed by atoms with Crippen LogP contribution in [0.4, 0.5) is 18.9 Å². The summed E-state index contributed by atoms with van der Waals surface area (Å²) in [5.41, 5.74) is 4.58. The number of nitrogens with one attached hydrogen (secondary N) is 1. The molecule has 0 unspecified atom stereocenters. The van der Waals surface area contributed by atoms with Gasteiger partial charge in [0.1, 0.15) is 6.54 Å². The number of alkyl halides is 3. The van der Waals surface area contributed by atoms with E-state index in [-0.39, 0.29) is 18.4 Å². The number of hydrogen-bond donors (Lipinski definition) is 2. The van der Waals surface area contributed by atoms with Crippen molar-refractivity contribution < 1.29 is 32.7 Å². The van der Waals surface area contributed by atoms with Gasteiger partial charge < -0.3 is 20.2 Å². The highest BCUT2D eigenvalue weighted by Crippen LogP contribution is 2.31. The zero-order valence-electron chi connectivity index (χ0n) is 21.7. The van der Waals surface area contributed by atoms with Gasteiger partial charge in [0.15, 0.2) is 0 Å². The lowest BCUT2D eigenvalue weighted by Crippen LogP contribution is -2.43. The molecule has 2 amide bonds. The van der Waals surface area contributed by atoms with Gasteiger partial charge in [0.05, 0.1) is 17.8 Å². The molecule has 0 atom stereocenters. The molecule has 3 aromatic rings. The molecule has 2 heterocycles. The third kappa shape index (κ3) is 7.06. The van der Waals surface area contributed by atoms with Gasteiger partial charge in [-0.1, -0.05) is 66.7 Å². The number of piperidine rings is 1. The van der Waals surface area contributed by atoms with Crippen LogP contribution in [0.1, 0.15) is 28.8 Å². The number of halogens is 3. The van der Waals surface area contributed by atoms with Gasteiger partial charge in [0, 0.05) is 6.54 Å². The van der Waals surface area contributed by atoms with Crippen molar-refractivity contribution in [1.82, 2.24) is 10.2 Å². The SMILES string of the molecule is O=C(O)C(F)(F)F.O=C1c2ccccc2N(Cc2ccccc2-c2ccccc2)C(=O)CN1CC1CCNCC1. The molecule has 0 bridgehead atoms. The number of carboxylic acid groups (broad SMARTS) is 1. The molecular weight excluding hydrogens is 523 g/mol. The summed E-state index contributed by atoms with van der Waals surface area (Å²) in [6.45, 7) is 3.12. The lowest BCUT2D eigenvalue weighted by Gasteiger charge is -2.29. The third-order valence-electron chi connectivity index (χ3n) is 6.95. The van der Waals surface area contributed by atoms with Crippen molar-refractivity contribution in [3.05, 3.63) is 90.0 Å². The fourth-order valence-electron chi connectivity index (χ4n) is 4.94. The number of benzene rings is 3. The highest BCUT2D eigenvalue weighted by atomic mass is 19.4. The van der Waals surface area contributed by atoms with Gasteiger partial charge in [-0.2, -0.15) is 13.2 Å². The van der Waals surface area contributed by atoms with Crippen molar-refractivity contribution >= 4 is 23.5 Å². The molecule has 0 aliphatic carbocycles. The van der Waals surface area contributed by atoms with Crippen LogP contribution in [-0.2, 0) is 16.1 Å². The minimum atomic E-state index is -5.08. The maximum absolute atomic E-state index is 13.5. The largest absolute Gasteiger partial charge is 0.490 e. The molecule has 3 aromatic carbocycles. The number of carboxylic acids is 1. The maximum atomic E-state index is 13.5. The van der Waals surface area contributed by atoms with E-state index in [2.05, 4.69) is 29.6 Å². The summed E-state index contributed by atoms with van der Waals surface area (Å²) in [5.74, 6) is -2.41. The van der Waals surface area contributed by atoms with E-state index < -0.39 is 12.1 Å². The van der Waals surface area contributed by atoms with E-state index in [1.54, 1.807) is 9.80 Å². The zero-order valence-corrected chi connectivity index (χ0v) is 21.7. The quantitative estimate of drug-likeness (QED) is 0.466. The molecule has 0 saturated carbocycles. The topological polar surface area (TPSA) is 90.0 Å². The molecule has 1 fully saturated rings. The summed E-state index contributed by atoms with van der Waals surface area (Å²) in [5, 5.41) is 10.5. The Balaban J connectivity index is 0.000000470. The van der Waals surface area contributed by atoms with Crippen LogP contribution in [0.5, 0.6) is 0 Å². The minimum Gasteiger partial charge on any atom is -0.475 e. The van der Waals surface area contributed by atoms with Gasteiger partial charge in [0.25, 0.3) is 5.91 Å². The number of para-hydroxylation sites is 1. The first-order chi connectivity index (χ1) is 19.1. The molecule has 40 heavy (non-hydrogen) atoms. The Morgan fingerprint density at radius 1 is 0.875 bits per heavy atom. The highest BCUT2D eigenvalue weighted by Gasteiger charge is 2.38. The van der Waals surface area contributed by atoms with Crippen molar-refractivity contribution in [3.8, 4) is 11.1 Å². The molecule has 0 spiro atoms. The Morgan fingerprint density at radius 2 is 1.45 bits per heavy atom. The Labute approximate surface area is 230 Å². The van der Waals surface area contributed by atoms with Crippen molar-refractivity contribution in [2.75, 3.05) is 31.1 Å². The normalized spacial score (nSPS) is 16.1. The van der Waals surface area contributed by atoms with Crippen LogP contribution in [0, 0.1) is 5.92 Å². The number of hydrogen-bond acceptors (Lipinski definition) is 4. The highest BCUT2D eigenvalue weighted by molar-refractivity contribution is 6.09. The molecule has 0 radical (unpaired) electrons. The second-order valence-corrected chi connectivity index (χ2v) is 9.70. The average molecular weight is 554 g/mol. The van der Waals surface area contributed by atoms with Gasteiger partial charge in [-0.25, -0.2) is 4.79 Å². The van der Waals surface area contributed by atoms with E-state index in [0.29, 0.717) is 30.3 Å². The monoisotopic (exact) mass is 553 g/mol. The second-order valence-electron chi connectivity index (χ2n) is 9.70. The predicted octanol–water partition coefficient (Wildman–Crippen LogP) is 4.98. The predicted molar refractivity (Wildman–Crippen MR) is 145 cm³/mol. The summed E-state index contributed by atoms with van der Waals surface area (Å²) in [6.07, 6.45) is -3.01. The first kappa shape index (κ1) is 28.8. The van der Waals surface area contributed by atoms with E-state index in [0.717, 1.165) is 42.6 Å². The second kappa shape index (κ2) is 12.8. The molecule has 210 valence electrons. The lowest BCUT2D eigenvalue weighted by atomic mass is 9.97. The lowest BCUT2D eigenvalue weighted by molar-refractivity contribution is -0.192. The van der Waals surface area contributed by atoms with E-state index in [1.807, 2.05) is 54.6 Å². The van der Waals surface area contributed by atoms with E-state index in [1.165, 1.54) is 0 Å². The van der Waals surface area contributed by atoms with Crippen LogP contribution >= 0.6 is 0 Å². The number of anilines is 1. The molecule has 7 nitrogen and oxygen atoms in total. The third-order valence-corrected chi connectivity index (χ3v) is 6.95. The average Bonchev–Trinajstić information content (AvgIpc) is 3.05. The standard InChI is InChI=1S/C28H29N3O2.C2HF3O2/c32-27-20-30(18-21-14-16-29-17-15-21)28(33)25-12-6-7-13-26(25)31(27)19-23-10-4-5-11-24(23)22-8-2-1-3-9-22;3-2(4,5)1(6)7/h1-13,21,29H,14-20H2;(H,6,7). The summed E-state index contributed by atoms with van der Waals surface area (Å²) in [7, 11) is 0. The molecule has 2 N–H and O–H groups in total. The Bertz CT molecular complexity index is 1340. The van der Waals surface area contributed by atoms with E-state index >= 15 is 0 Å². The van der Waals surface area contributed by atoms with Gasteiger partial charge in [-0.3, -0.25) is 9.59 Å². The molecule has 10 heteroatoms. The van der Waals surface area contributed by atoms with E-state index in [9.17, 15) is 22.8 Å². The number of rotatable bonds is 5. The number of nitrogens with zero attached hydrogens (tertiary/aromatic N) is 2. The van der Waals surface area contributed by atoms with E-state index in [4.69, 9.17) is 9.90 Å². The van der Waals surface area contributed by atoms with Crippen molar-refractivity contribution in [1.29, 1.82) is 0 Å². The van der Waals surface area contributed by atoms with Crippen LogP contribution in [0.3, 0.4) is 0 Å². The van der Waals surface area contributed by atoms with Gasteiger partial charge >= 0.3 is 12.1 Å². The summed E-state index contributed by atoms with van der Waals surface area (Å²) in [6, 6.07) is 25.9. The summed E-state index contributed by atoms with van der Waals surface area (Å²) in [4.78, 5) is 39.5. The number of carbonyl (C=O) groups excluding carboxylic acids is 2. The number of carbonyl (C=O) groups is 3. The summed E-state index contributed by atoms with van der Waals surface area (Å²) >= 11 is 0. The number of aliphatic carboxylic acids is 1. The molecule has 2 aliphatic rings. The van der Waals surface area contributed by atoms with Crippen molar-refractivity contribution in [2.24, 2.45) is 5.92 Å². The molecule has 0 aromatic heterocycles. The first-order valence-electron chi connectivity index (χ1n) is 13.0. The fraction of sp³-hybridized carbons (Fsp3) is 0.300. The Kier molecular flexibility index (Phi) is 9.21. The number of amides is 2. The van der Waals surface area contributed by atoms with Crippen LogP contribution < -0.4 is 10.2 Å². The maximum Gasteiger partial charge on any atom is 0.490 e. The molecule has 5 rings (SSSR count). The first-order valence-corrected chi connectivity index (χ1v) is 13.0. The molecular formula is C30H30F3N3O4. The van der Waals surface area contributed by atoms with Crippen molar-refractivity contribution in [2.45, 2.75) is 25.6 Å². The van der Waals surface area contributed by atoms with Gasteiger partial charge in [-0.15, -0.1) is 0 Å². The van der Waals surface area contributed by atoms with Crippen LogP contribution in [-0.4, -0.2) is 60.1 Å². The molecule has 1 saturated heterocycles. The van der Waals surface area contributed by atoms with Crippen LogP contribution in [0.15, 0.2) is 78.9 Å². The van der Waals surface area contributed by atoms with Gasteiger partial charge in [0.2, 0.25) is 5.91 Å². The zero-order chi connectivity index (χ0) is 28.7. The van der Waals surface area contributed by atoms with Crippen molar-refractivity contribution in [3.63, 3.8) is 0 Å².